The lowest BCUT2D eigenvalue weighted by Gasteiger charge is -2.19. The van der Waals surface area contributed by atoms with Crippen LogP contribution in [-0.2, 0) is 0 Å². The van der Waals surface area contributed by atoms with Crippen LogP contribution in [0, 0.1) is 0 Å². The van der Waals surface area contributed by atoms with Crippen LogP contribution < -0.4 is 15.2 Å². The molecule has 0 aliphatic rings. The first-order valence-corrected chi connectivity index (χ1v) is 4.93. The molecule has 0 aromatic heterocycles. The van der Waals surface area contributed by atoms with Gasteiger partial charge in [-0.2, -0.15) is 13.2 Å². The van der Waals surface area contributed by atoms with Gasteiger partial charge in [0.05, 0.1) is 19.2 Å². The SMILES string of the molecule is COc1ccc([C@H](N)C(F)(F)F)c(Cl)c1OC.Cl. The van der Waals surface area contributed by atoms with Crippen molar-refractivity contribution in [2.75, 3.05) is 14.2 Å². The molecule has 3 nitrogen and oxygen atoms in total. The zero-order valence-electron chi connectivity index (χ0n) is 9.55. The molecule has 0 saturated heterocycles. The minimum atomic E-state index is -4.57. The third-order valence-electron chi connectivity index (χ3n) is 2.20. The molecule has 0 spiro atoms. The zero-order chi connectivity index (χ0) is 13.2. The molecule has 1 aromatic carbocycles. The van der Waals surface area contributed by atoms with E-state index in [1.54, 1.807) is 0 Å². The Balaban J connectivity index is 0.00000289. The Kier molecular flexibility index (Phi) is 6.06. The number of alkyl halides is 3. The highest BCUT2D eigenvalue weighted by Crippen LogP contribution is 2.42. The molecule has 0 heterocycles. The first kappa shape index (κ1) is 17.2. The van der Waals surface area contributed by atoms with E-state index >= 15 is 0 Å². The smallest absolute Gasteiger partial charge is 0.407 e. The quantitative estimate of drug-likeness (QED) is 0.931. The predicted octanol–water partition coefficient (Wildman–Crippen LogP) is 3.34. The number of rotatable bonds is 3. The van der Waals surface area contributed by atoms with E-state index in [0.29, 0.717) is 0 Å². The van der Waals surface area contributed by atoms with E-state index in [4.69, 9.17) is 26.8 Å². The van der Waals surface area contributed by atoms with Crippen molar-refractivity contribution in [1.82, 2.24) is 0 Å². The first-order valence-electron chi connectivity index (χ1n) is 4.55. The molecule has 0 radical (unpaired) electrons. The third kappa shape index (κ3) is 3.34. The second-order valence-corrected chi connectivity index (χ2v) is 3.60. The standard InChI is InChI=1S/C10H11ClF3NO2.ClH/c1-16-6-4-3-5(7(11)8(6)17-2)9(15)10(12,13)14;/h3-4,9H,15H2,1-2H3;1H/t9-;/m0./s1. The molecule has 18 heavy (non-hydrogen) atoms. The molecule has 0 bridgehead atoms. The summed E-state index contributed by atoms with van der Waals surface area (Å²) >= 11 is 5.81. The van der Waals surface area contributed by atoms with Gasteiger partial charge in [0.15, 0.2) is 11.5 Å². The highest BCUT2D eigenvalue weighted by molar-refractivity contribution is 6.33. The maximum Gasteiger partial charge on any atom is 0.407 e. The number of halogens is 5. The molecule has 0 aliphatic heterocycles. The van der Waals surface area contributed by atoms with Crippen LogP contribution >= 0.6 is 24.0 Å². The van der Waals surface area contributed by atoms with E-state index in [9.17, 15) is 13.2 Å². The summed E-state index contributed by atoms with van der Waals surface area (Å²) in [6.07, 6.45) is -4.57. The Labute approximate surface area is 113 Å². The Hall–Kier alpha value is -0.850. The summed E-state index contributed by atoms with van der Waals surface area (Å²) in [6, 6.07) is 0.336. The number of methoxy groups -OCH3 is 2. The normalized spacial score (nSPS) is 12.6. The summed E-state index contributed by atoms with van der Waals surface area (Å²) in [5.74, 6) is 0.280. The minimum Gasteiger partial charge on any atom is -0.493 e. The van der Waals surface area contributed by atoms with E-state index in [-0.39, 0.29) is 34.5 Å². The molecule has 0 fully saturated rings. The fourth-order valence-corrected chi connectivity index (χ4v) is 1.67. The molecular formula is C10H12Cl2F3NO2. The van der Waals surface area contributed by atoms with Crippen LogP contribution in [0.3, 0.4) is 0 Å². The zero-order valence-corrected chi connectivity index (χ0v) is 11.1. The van der Waals surface area contributed by atoms with Gasteiger partial charge in [0, 0.05) is 5.56 Å². The van der Waals surface area contributed by atoms with Gasteiger partial charge in [-0.25, -0.2) is 0 Å². The Morgan fingerprint density at radius 3 is 2.17 bits per heavy atom. The molecule has 8 heteroatoms. The minimum absolute atomic E-state index is 0. The molecule has 1 atom stereocenters. The summed E-state index contributed by atoms with van der Waals surface area (Å²) < 4.78 is 47.2. The largest absolute Gasteiger partial charge is 0.493 e. The highest BCUT2D eigenvalue weighted by atomic mass is 35.5. The van der Waals surface area contributed by atoms with Crippen LogP contribution in [0.5, 0.6) is 11.5 Å². The van der Waals surface area contributed by atoms with Gasteiger partial charge in [-0.1, -0.05) is 17.7 Å². The van der Waals surface area contributed by atoms with Gasteiger partial charge in [0.1, 0.15) is 6.04 Å². The number of hydrogen-bond acceptors (Lipinski definition) is 3. The third-order valence-corrected chi connectivity index (χ3v) is 2.59. The van der Waals surface area contributed by atoms with Crippen LogP contribution in [0.25, 0.3) is 0 Å². The van der Waals surface area contributed by atoms with E-state index in [0.717, 1.165) is 0 Å². The van der Waals surface area contributed by atoms with Crippen LogP contribution in [0.2, 0.25) is 5.02 Å². The van der Waals surface area contributed by atoms with Crippen molar-refractivity contribution < 1.29 is 22.6 Å². The average molecular weight is 306 g/mol. The summed E-state index contributed by atoms with van der Waals surface area (Å²) in [5, 5.41) is -0.198. The first-order chi connectivity index (χ1) is 7.82. The van der Waals surface area contributed by atoms with E-state index in [2.05, 4.69) is 0 Å². The summed E-state index contributed by atoms with van der Waals surface area (Å²) in [5.41, 5.74) is 4.83. The fraction of sp³-hybridized carbons (Fsp3) is 0.400. The molecule has 1 aromatic rings. The monoisotopic (exact) mass is 305 g/mol. The molecule has 0 amide bonds. The van der Waals surface area contributed by atoms with Gasteiger partial charge < -0.3 is 15.2 Å². The van der Waals surface area contributed by atoms with Crippen LogP contribution in [-0.4, -0.2) is 20.4 Å². The predicted molar refractivity (Wildman–Crippen MR) is 64.8 cm³/mol. The lowest BCUT2D eigenvalue weighted by Crippen LogP contribution is -2.28. The highest BCUT2D eigenvalue weighted by Gasteiger charge is 2.39. The maximum atomic E-state index is 12.5. The average Bonchev–Trinajstić information content (AvgIpc) is 2.26. The fourth-order valence-electron chi connectivity index (χ4n) is 1.32. The number of hydrogen-bond donors (Lipinski definition) is 1. The molecule has 2 N–H and O–H groups in total. The molecule has 0 saturated carbocycles. The second kappa shape index (κ2) is 6.36. The van der Waals surface area contributed by atoms with Gasteiger partial charge in [-0.3, -0.25) is 0 Å². The number of nitrogens with two attached hydrogens (primary N) is 1. The van der Waals surface area contributed by atoms with Crippen molar-refractivity contribution >= 4 is 24.0 Å². The molecule has 104 valence electrons. The number of benzene rings is 1. The van der Waals surface area contributed by atoms with E-state index in [1.165, 1.54) is 26.4 Å². The summed E-state index contributed by atoms with van der Waals surface area (Å²) in [4.78, 5) is 0. The molecular weight excluding hydrogens is 294 g/mol. The van der Waals surface area contributed by atoms with Gasteiger partial charge >= 0.3 is 6.18 Å². The van der Waals surface area contributed by atoms with E-state index < -0.39 is 12.2 Å². The van der Waals surface area contributed by atoms with Crippen LogP contribution in [0.1, 0.15) is 11.6 Å². The van der Waals surface area contributed by atoms with Crippen molar-refractivity contribution in [2.24, 2.45) is 5.73 Å². The Morgan fingerprint density at radius 1 is 1.22 bits per heavy atom. The van der Waals surface area contributed by atoms with Crippen molar-refractivity contribution in [3.8, 4) is 11.5 Å². The van der Waals surface area contributed by atoms with Crippen LogP contribution in [0.15, 0.2) is 12.1 Å². The molecule has 1 rings (SSSR count). The van der Waals surface area contributed by atoms with Crippen molar-refractivity contribution in [2.45, 2.75) is 12.2 Å². The van der Waals surface area contributed by atoms with Gasteiger partial charge in [0.25, 0.3) is 0 Å². The summed E-state index contributed by atoms with van der Waals surface area (Å²) in [6.45, 7) is 0. The van der Waals surface area contributed by atoms with Gasteiger partial charge in [-0.15, -0.1) is 12.4 Å². The van der Waals surface area contributed by atoms with E-state index in [1.807, 2.05) is 0 Å². The van der Waals surface area contributed by atoms with Crippen molar-refractivity contribution in [3.05, 3.63) is 22.7 Å². The van der Waals surface area contributed by atoms with Gasteiger partial charge in [-0.05, 0) is 6.07 Å². The molecule has 0 unspecified atom stereocenters. The summed E-state index contributed by atoms with van der Waals surface area (Å²) in [7, 11) is 2.64. The second-order valence-electron chi connectivity index (χ2n) is 3.22. The maximum absolute atomic E-state index is 12.5. The Bertz CT molecular complexity index is 413. The number of ether oxygens (including phenoxy) is 2. The lowest BCUT2D eigenvalue weighted by atomic mass is 10.1. The van der Waals surface area contributed by atoms with Gasteiger partial charge in [0.2, 0.25) is 0 Å². The molecule has 0 aliphatic carbocycles. The van der Waals surface area contributed by atoms with Crippen molar-refractivity contribution in [1.29, 1.82) is 0 Å². The van der Waals surface area contributed by atoms with Crippen LogP contribution in [0.4, 0.5) is 13.2 Å². The lowest BCUT2D eigenvalue weighted by molar-refractivity contribution is -0.149. The Morgan fingerprint density at radius 2 is 1.78 bits per heavy atom. The van der Waals surface area contributed by atoms with Crippen molar-refractivity contribution in [3.63, 3.8) is 0 Å². The topological polar surface area (TPSA) is 44.5 Å².